The van der Waals surface area contributed by atoms with Gasteiger partial charge in [-0.15, -0.1) is 11.3 Å². The topological polar surface area (TPSA) is 44.1 Å². The fraction of sp³-hybridized carbons (Fsp3) is 0.0588. The molecule has 3 heterocycles. The number of hydrogen-bond acceptors (Lipinski definition) is 4. The summed E-state index contributed by atoms with van der Waals surface area (Å²) in [5, 5.41) is 2.01. The van der Waals surface area contributed by atoms with Gasteiger partial charge in [0.1, 0.15) is 15.3 Å². The van der Waals surface area contributed by atoms with Crippen molar-refractivity contribution in [3.8, 4) is 11.4 Å². The summed E-state index contributed by atoms with van der Waals surface area (Å²) in [6.45, 7) is 0. The lowest BCUT2D eigenvalue weighted by atomic mass is 10.2. The Morgan fingerprint density at radius 1 is 1.29 bits per heavy atom. The number of hydrogen-bond donors (Lipinski definition) is 0. The van der Waals surface area contributed by atoms with Crippen LogP contribution in [0.4, 0.5) is 4.39 Å². The van der Waals surface area contributed by atoms with E-state index in [1.807, 2.05) is 0 Å². The second kappa shape index (κ2) is 5.58. The van der Waals surface area contributed by atoms with Crippen molar-refractivity contribution in [3.63, 3.8) is 0 Å². The van der Waals surface area contributed by atoms with E-state index in [-0.39, 0.29) is 11.2 Å². The van der Waals surface area contributed by atoms with E-state index in [1.54, 1.807) is 30.6 Å². The van der Waals surface area contributed by atoms with E-state index in [0.29, 0.717) is 20.3 Å². The van der Waals surface area contributed by atoms with Crippen LogP contribution in [0.3, 0.4) is 0 Å². The normalized spacial score (nSPS) is 11.3. The molecule has 7 heteroatoms. The molecule has 0 spiro atoms. The maximum Gasteiger partial charge on any atom is 0.273 e. The molecule has 24 heavy (non-hydrogen) atoms. The van der Waals surface area contributed by atoms with Crippen LogP contribution in [0.15, 0.2) is 47.5 Å². The van der Waals surface area contributed by atoms with Crippen molar-refractivity contribution in [2.24, 2.45) is 0 Å². The number of rotatable bonds is 2. The summed E-state index contributed by atoms with van der Waals surface area (Å²) in [6, 6.07) is 7.81. The van der Waals surface area contributed by atoms with Crippen LogP contribution in [0, 0.1) is 5.82 Å². The molecule has 0 aliphatic carbocycles. The zero-order valence-corrected chi connectivity index (χ0v) is 14.0. The van der Waals surface area contributed by atoms with Crippen molar-refractivity contribution in [1.82, 2.24) is 9.55 Å². The highest BCUT2D eigenvalue weighted by Gasteiger charge is 2.15. The summed E-state index contributed by atoms with van der Waals surface area (Å²) in [7, 11) is 1.46. The molecular weight excluding hydrogens is 351 g/mol. The van der Waals surface area contributed by atoms with Gasteiger partial charge in [0, 0.05) is 29.2 Å². The molecule has 0 unspecified atom stereocenters. The predicted molar refractivity (Wildman–Crippen MR) is 94.2 cm³/mol. The third kappa shape index (κ3) is 2.18. The van der Waals surface area contributed by atoms with Crippen LogP contribution in [-0.2, 0) is 0 Å². The van der Waals surface area contributed by atoms with Crippen molar-refractivity contribution in [2.75, 3.05) is 7.11 Å². The minimum atomic E-state index is -0.534. The molecule has 4 nitrogen and oxygen atoms in total. The summed E-state index contributed by atoms with van der Waals surface area (Å²) in [6.07, 6.45) is 3.15. The maximum atomic E-state index is 14.3. The Kier molecular flexibility index (Phi) is 3.51. The Labute approximate surface area is 144 Å². The third-order valence-corrected chi connectivity index (χ3v) is 5.21. The van der Waals surface area contributed by atoms with Crippen molar-refractivity contribution in [2.45, 2.75) is 0 Å². The molecule has 0 aliphatic heterocycles. The molecule has 0 bridgehead atoms. The number of nitrogens with zero attached hydrogens (tertiary/aromatic N) is 2. The van der Waals surface area contributed by atoms with Gasteiger partial charge in [0.15, 0.2) is 5.82 Å². The van der Waals surface area contributed by atoms with E-state index in [2.05, 4.69) is 4.98 Å². The zero-order chi connectivity index (χ0) is 16.8. The van der Waals surface area contributed by atoms with Gasteiger partial charge in [-0.05, 0) is 24.3 Å². The minimum absolute atomic E-state index is 0.166. The number of halogens is 2. The van der Waals surface area contributed by atoms with E-state index < -0.39 is 5.82 Å². The number of thiophene rings is 1. The van der Waals surface area contributed by atoms with Gasteiger partial charge in [-0.3, -0.25) is 9.36 Å². The Morgan fingerprint density at radius 3 is 2.88 bits per heavy atom. The second-order valence-corrected chi connectivity index (χ2v) is 6.53. The average molecular weight is 361 g/mol. The highest BCUT2D eigenvalue weighted by molar-refractivity contribution is 7.25. The second-order valence-electron chi connectivity index (χ2n) is 5.13. The summed E-state index contributed by atoms with van der Waals surface area (Å²) in [5.74, 6) is -0.142. The molecule has 3 aromatic heterocycles. The molecule has 4 aromatic rings. The van der Waals surface area contributed by atoms with E-state index >= 15 is 0 Å². The summed E-state index contributed by atoms with van der Waals surface area (Å²) >= 11 is 7.48. The number of pyridine rings is 2. The van der Waals surface area contributed by atoms with Crippen molar-refractivity contribution in [3.05, 3.63) is 63.9 Å². The van der Waals surface area contributed by atoms with E-state index in [1.165, 1.54) is 35.1 Å². The first-order valence-electron chi connectivity index (χ1n) is 7.02. The molecule has 1 aromatic carbocycles. The smallest absolute Gasteiger partial charge is 0.273 e. The molecule has 0 N–H and O–H groups in total. The van der Waals surface area contributed by atoms with Crippen LogP contribution < -0.4 is 10.3 Å². The van der Waals surface area contributed by atoms with Gasteiger partial charge in [0.05, 0.1) is 17.8 Å². The number of methoxy groups -OCH3 is 1. The number of fused-ring (bicyclic) bond motifs is 3. The molecule has 0 amide bonds. The zero-order valence-electron chi connectivity index (χ0n) is 12.4. The summed E-state index contributed by atoms with van der Waals surface area (Å²) in [4.78, 5) is 17.8. The van der Waals surface area contributed by atoms with Crippen LogP contribution in [0.1, 0.15) is 0 Å². The maximum absolute atomic E-state index is 14.3. The molecule has 0 radical (unpaired) electrons. The fourth-order valence-electron chi connectivity index (χ4n) is 2.65. The van der Waals surface area contributed by atoms with Gasteiger partial charge in [0.2, 0.25) is 0 Å². The lowest BCUT2D eigenvalue weighted by Gasteiger charge is -2.08. The molecule has 0 saturated carbocycles. The highest BCUT2D eigenvalue weighted by Crippen LogP contribution is 2.35. The third-order valence-electron chi connectivity index (χ3n) is 3.80. The molecule has 0 fully saturated rings. The number of ether oxygens (including phenoxy) is 1. The monoisotopic (exact) mass is 360 g/mol. The van der Waals surface area contributed by atoms with Gasteiger partial charge >= 0.3 is 0 Å². The number of aromatic nitrogens is 2. The molecule has 0 atom stereocenters. The average Bonchev–Trinajstić information content (AvgIpc) is 2.96. The molecule has 120 valence electrons. The van der Waals surface area contributed by atoms with Crippen molar-refractivity contribution in [1.29, 1.82) is 0 Å². The predicted octanol–water partition coefficient (Wildman–Crippen LogP) is 4.40. The molecule has 4 rings (SSSR count). The van der Waals surface area contributed by atoms with Crippen molar-refractivity contribution < 1.29 is 9.13 Å². The first-order chi connectivity index (χ1) is 11.6. The quantitative estimate of drug-likeness (QED) is 0.532. The van der Waals surface area contributed by atoms with Gasteiger partial charge in [-0.1, -0.05) is 11.6 Å². The molecule has 0 saturated heterocycles. The highest BCUT2D eigenvalue weighted by atomic mass is 35.5. The van der Waals surface area contributed by atoms with Gasteiger partial charge in [-0.2, -0.15) is 0 Å². The Morgan fingerprint density at radius 2 is 2.12 bits per heavy atom. The lowest BCUT2D eigenvalue weighted by molar-refractivity contribution is 0.411. The summed E-state index contributed by atoms with van der Waals surface area (Å²) < 4.78 is 21.1. The van der Waals surface area contributed by atoms with Gasteiger partial charge < -0.3 is 4.74 Å². The Hall–Kier alpha value is -2.44. The lowest BCUT2D eigenvalue weighted by Crippen LogP contribution is -2.17. The molecular formula is C17H10ClFN2O2S. The van der Waals surface area contributed by atoms with Crippen LogP contribution in [0.25, 0.3) is 26.0 Å². The van der Waals surface area contributed by atoms with Crippen LogP contribution in [-0.4, -0.2) is 16.7 Å². The van der Waals surface area contributed by atoms with Gasteiger partial charge in [-0.25, -0.2) is 9.37 Å². The van der Waals surface area contributed by atoms with Crippen molar-refractivity contribution >= 4 is 43.2 Å². The van der Waals surface area contributed by atoms with E-state index in [9.17, 15) is 9.18 Å². The van der Waals surface area contributed by atoms with E-state index in [0.717, 1.165) is 10.8 Å². The number of benzene rings is 1. The minimum Gasteiger partial charge on any atom is -0.497 e. The standard InChI is InChI=1S/C17H10ClFN2O2S/c1-23-9-2-3-13(12(19)8-9)21-7-5-10-14-11(18)4-6-20-16(14)24-15(10)17(21)22/h2-8H,1H3. The Balaban J connectivity index is 2.02. The Bertz CT molecular complexity index is 1150. The van der Waals surface area contributed by atoms with Gasteiger partial charge in [0.25, 0.3) is 5.56 Å². The first-order valence-corrected chi connectivity index (χ1v) is 8.22. The van der Waals surface area contributed by atoms with E-state index in [4.69, 9.17) is 16.3 Å². The molecule has 0 aliphatic rings. The summed E-state index contributed by atoms with van der Waals surface area (Å²) in [5.41, 5.74) is -0.144. The van der Waals surface area contributed by atoms with Crippen LogP contribution >= 0.6 is 22.9 Å². The van der Waals surface area contributed by atoms with Crippen LogP contribution in [0.2, 0.25) is 5.02 Å². The largest absolute Gasteiger partial charge is 0.497 e. The van der Waals surface area contributed by atoms with Crippen LogP contribution in [0.5, 0.6) is 5.75 Å². The first kappa shape index (κ1) is 15.1. The fourth-order valence-corrected chi connectivity index (χ4v) is 4.05. The SMILES string of the molecule is COc1ccc(-n2ccc3c(sc4nccc(Cl)c43)c2=O)c(F)c1.